The second kappa shape index (κ2) is 6.21. The largest absolute Gasteiger partial charge is 0.461 e. The van der Waals surface area contributed by atoms with Crippen LogP contribution in [0.5, 0.6) is 0 Å². The van der Waals surface area contributed by atoms with Crippen molar-refractivity contribution in [1.29, 1.82) is 0 Å². The number of hydrogen-bond donors (Lipinski definition) is 1. The molecule has 1 aliphatic heterocycles. The smallest absolute Gasteiger partial charge is 0.325 e. The molecule has 2 fully saturated rings. The third kappa shape index (κ3) is 3.46. The van der Waals surface area contributed by atoms with Gasteiger partial charge < -0.3 is 14.8 Å². The Kier molecular flexibility index (Phi) is 4.60. The van der Waals surface area contributed by atoms with E-state index in [0.717, 1.165) is 19.4 Å². The fourth-order valence-corrected chi connectivity index (χ4v) is 2.32. The van der Waals surface area contributed by atoms with Gasteiger partial charge in [-0.15, -0.1) is 0 Å². The average Bonchev–Trinajstić information content (AvgIpc) is 2.59. The van der Waals surface area contributed by atoms with E-state index in [9.17, 15) is 4.79 Å². The molecule has 0 spiro atoms. The molecule has 1 atom stereocenters. The van der Waals surface area contributed by atoms with Crippen molar-refractivity contribution in [3.63, 3.8) is 0 Å². The second-order valence-electron chi connectivity index (χ2n) is 4.63. The molecule has 0 aromatic rings. The van der Waals surface area contributed by atoms with Gasteiger partial charge in [-0.1, -0.05) is 12.8 Å². The molecular formula is C12H21NO3. The van der Waals surface area contributed by atoms with Crippen LogP contribution < -0.4 is 5.32 Å². The molecule has 1 unspecified atom stereocenters. The van der Waals surface area contributed by atoms with Crippen LogP contribution in [0.15, 0.2) is 0 Å². The van der Waals surface area contributed by atoms with E-state index in [1.54, 1.807) is 0 Å². The normalized spacial score (nSPS) is 28.4. The number of morpholine rings is 1. The number of nitrogens with one attached hydrogen (secondary N) is 1. The number of carbonyl (C=O) groups is 1. The second-order valence-corrected chi connectivity index (χ2v) is 4.63. The van der Waals surface area contributed by atoms with Crippen molar-refractivity contribution in [3.05, 3.63) is 0 Å². The lowest BCUT2D eigenvalue weighted by atomic mass is 10.1. The molecule has 1 aliphatic carbocycles. The van der Waals surface area contributed by atoms with Crippen LogP contribution in [0.2, 0.25) is 0 Å². The maximum Gasteiger partial charge on any atom is 0.325 e. The zero-order valence-corrected chi connectivity index (χ0v) is 9.74. The molecule has 4 nitrogen and oxygen atoms in total. The fraction of sp³-hybridized carbons (Fsp3) is 0.917. The minimum atomic E-state index is -0.253. The van der Waals surface area contributed by atoms with Gasteiger partial charge in [0.05, 0.1) is 13.2 Å². The lowest BCUT2D eigenvalue weighted by Crippen LogP contribution is -2.48. The standard InChI is InChI=1S/C12H21NO3/c14-12(11-9-15-8-7-13-11)16-10-5-3-1-2-4-6-10/h10-11,13H,1-9H2. The van der Waals surface area contributed by atoms with E-state index in [4.69, 9.17) is 9.47 Å². The number of hydrogen-bond acceptors (Lipinski definition) is 4. The van der Waals surface area contributed by atoms with Crippen molar-refractivity contribution in [3.8, 4) is 0 Å². The minimum Gasteiger partial charge on any atom is -0.461 e. The summed E-state index contributed by atoms with van der Waals surface area (Å²) in [5, 5.41) is 3.12. The van der Waals surface area contributed by atoms with Crippen molar-refractivity contribution < 1.29 is 14.3 Å². The number of esters is 1. The van der Waals surface area contributed by atoms with Crippen LogP contribution in [0.4, 0.5) is 0 Å². The number of carbonyl (C=O) groups excluding carboxylic acids is 1. The lowest BCUT2D eigenvalue weighted by molar-refractivity contribution is -0.155. The van der Waals surface area contributed by atoms with Crippen LogP contribution in [0.25, 0.3) is 0 Å². The summed E-state index contributed by atoms with van der Waals surface area (Å²) in [6, 6.07) is -0.253. The third-order valence-corrected chi connectivity index (χ3v) is 3.29. The molecule has 0 radical (unpaired) electrons. The average molecular weight is 227 g/mol. The lowest BCUT2D eigenvalue weighted by Gasteiger charge is -2.24. The topological polar surface area (TPSA) is 47.6 Å². The van der Waals surface area contributed by atoms with Crippen LogP contribution in [0.3, 0.4) is 0 Å². The van der Waals surface area contributed by atoms with E-state index in [1.165, 1.54) is 25.7 Å². The third-order valence-electron chi connectivity index (χ3n) is 3.29. The molecule has 16 heavy (non-hydrogen) atoms. The van der Waals surface area contributed by atoms with Gasteiger partial charge in [0.1, 0.15) is 12.1 Å². The maximum atomic E-state index is 11.8. The zero-order chi connectivity index (χ0) is 11.2. The van der Waals surface area contributed by atoms with Crippen molar-refractivity contribution in [2.45, 2.75) is 50.7 Å². The van der Waals surface area contributed by atoms with E-state index >= 15 is 0 Å². The molecule has 0 aromatic carbocycles. The Balaban J connectivity index is 1.76. The molecule has 4 heteroatoms. The Labute approximate surface area is 96.7 Å². The zero-order valence-electron chi connectivity index (χ0n) is 9.74. The molecular weight excluding hydrogens is 206 g/mol. The van der Waals surface area contributed by atoms with E-state index in [1.807, 2.05) is 0 Å². The highest BCUT2D eigenvalue weighted by Crippen LogP contribution is 2.20. The Bertz CT molecular complexity index is 218. The number of ether oxygens (including phenoxy) is 2. The van der Waals surface area contributed by atoms with Gasteiger partial charge in [-0.25, -0.2) is 0 Å². The summed E-state index contributed by atoms with van der Waals surface area (Å²) in [5.41, 5.74) is 0. The highest BCUT2D eigenvalue weighted by atomic mass is 16.5. The molecule has 1 heterocycles. The Morgan fingerprint density at radius 3 is 2.56 bits per heavy atom. The van der Waals surface area contributed by atoms with Crippen molar-refractivity contribution in [2.75, 3.05) is 19.8 Å². The highest BCUT2D eigenvalue weighted by molar-refractivity contribution is 5.76. The van der Waals surface area contributed by atoms with Crippen molar-refractivity contribution >= 4 is 5.97 Å². The van der Waals surface area contributed by atoms with Gasteiger partial charge in [0.25, 0.3) is 0 Å². The van der Waals surface area contributed by atoms with E-state index in [0.29, 0.717) is 13.2 Å². The summed E-state index contributed by atoms with van der Waals surface area (Å²) in [7, 11) is 0. The molecule has 2 aliphatic rings. The summed E-state index contributed by atoms with van der Waals surface area (Å²) in [6.45, 7) is 1.88. The first-order valence-electron chi connectivity index (χ1n) is 6.38. The van der Waals surface area contributed by atoms with Gasteiger partial charge >= 0.3 is 5.97 Å². The predicted molar refractivity (Wildman–Crippen MR) is 60.2 cm³/mol. The monoisotopic (exact) mass is 227 g/mol. The van der Waals surface area contributed by atoms with Crippen molar-refractivity contribution in [2.24, 2.45) is 0 Å². The summed E-state index contributed by atoms with van der Waals surface area (Å²) in [4.78, 5) is 11.8. The molecule has 2 rings (SSSR count). The Morgan fingerprint density at radius 2 is 1.94 bits per heavy atom. The van der Waals surface area contributed by atoms with Crippen LogP contribution in [0.1, 0.15) is 38.5 Å². The Morgan fingerprint density at radius 1 is 1.19 bits per heavy atom. The quantitative estimate of drug-likeness (QED) is 0.569. The molecule has 0 amide bonds. The van der Waals surface area contributed by atoms with Gasteiger partial charge in [0, 0.05) is 6.54 Å². The molecule has 1 N–H and O–H groups in total. The molecule has 92 valence electrons. The summed E-state index contributed by atoms with van der Waals surface area (Å²) in [5.74, 6) is -0.133. The molecule has 1 saturated carbocycles. The maximum absolute atomic E-state index is 11.8. The van der Waals surface area contributed by atoms with Crippen molar-refractivity contribution in [1.82, 2.24) is 5.32 Å². The fourth-order valence-electron chi connectivity index (χ4n) is 2.32. The molecule has 0 aromatic heterocycles. The van der Waals surface area contributed by atoms with Crippen LogP contribution in [-0.2, 0) is 14.3 Å². The minimum absolute atomic E-state index is 0.133. The first-order valence-corrected chi connectivity index (χ1v) is 6.38. The Hall–Kier alpha value is -0.610. The summed E-state index contributed by atoms with van der Waals surface area (Å²) < 4.78 is 10.8. The SMILES string of the molecule is O=C(OC1CCCCCC1)C1COCCN1. The highest BCUT2D eigenvalue weighted by Gasteiger charge is 2.25. The molecule has 0 bridgehead atoms. The van der Waals surface area contributed by atoms with E-state index in [-0.39, 0.29) is 18.1 Å². The van der Waals surface area contributed by atoms with Gasteiger partial charge in [-0.2, -0.15) is 0 Å². The van der Waals surface area contributed by atoms with Gasteiger partial charge in [-0.3, -0.25) is 4.79 Å². The first kappa shape index (κ1) is 11.9. The summed E-state index contributed by atoms with van der Waals surface area (Å²) in [6.07, 6.45) is 7.12. The number of rotatable bonds is 2. The van der Waals surface area contributed by atoms with Gasteiger partial charge in [-0.05, 0) is 25.7 Å². The summed E-state index contributed by atoms with van der Waals surface area (Å²) >= 11 is 0. The van der Waals surface area contributed by atoms with E-state index in [2.05, 4.69) is 5.32 Å². The predicted octanol–water partition coefficient (Wildman–Crippen LogP) is 1.24. The molecule has 1 saturated heterocycles. The first-order chi connectivity index (χ1) is 7.86. The van der Waals surface area contributed by atoms with Gasteiger partial charge in [0.15, 0.2) is 0 Å². The van der Waals surface area contributed by atoms with Crippen LogP contribution in [-0.4, -0.2) is 37.9 Å². The van der Waals surface area contributed by atoms with E-state index < -0.39 is 0 Å². The van der Waals surface area contributed by atoms with Crippen LogP contribution in [0, 0.1) is 0 Å². The van der Waals surface area contributed by atoms with Crippen LogP contribution >= 0.6 is 0 Å². The van der Waals surface area contributed by atoms with Gasteiger partial charge in [0.2, 0.25) is 0 Å².